The van der Waals surface area contributed by atoms with E-state index in [4.69, 9.17) is 4.74 Å². The number of hydrogen-bond acceptors (Lipinski definition) is 6. The zero-order valence-corrected chi connectivity index (χ0v) is 14.1. The molecule has 0 amide bonds. The Hall–Kier alpha value is -2.32. The molecule has 0 radical (unpaired) electrons. The van der Waals surface area contributed by atoms with Gasteiger partial charge < -0.3 is 15.2 Å². The minimum atomic E-state index is -3.46. The largest absolute Gasteiger partial charge is 0.504 e. The standard InChI is InChI=1S/C16H19N3O4S/c1-23-15-6-4-12(10-14(15)20)18-16-7-5-13(11-17-16)24(21,22)19-8-2-3-9-19/h4-7,10-11,20H,2-3,8-9H2,1H3,(H,17,18). The molecule has 1 saturated heterocycles. The Labute approximate surface area is 141 Å². The van der Waals surface area contributed by atoms with E-state index in [9.17, 15) is 13.5 Å². The van der Waals surface area contributed by atoms with E-state index in [1.165, 1.54) is 29.7 Å². The van der Waals surface area contributed by atoms with Crippen LogP contribution in [0.15, 0.2) is 41.4 Å². The van der Waals surface area contributed by atoms with Crippen LogP contribution in [-0.4, -0.2) is 43.0 Å². The molecule has 1 aromatic heterocycles. The molecule has 7 nitrogen and oxygen atoms in total. The number of pyridine rings is 1. The summed E-state index contributed by atoms with van der Waals surface area (Å²) in [6.45, 7) is 1.13. The van der Waals surface area contributed by atoms with E-state index < -0.39 is 10.0 Å². The van der Waals surface area contributed by atoms with Crippen LogP contribution < -0.4 is 10.1 Å². The van der Waals surface area contributed by atoms with Gasteiger partial charge in [0.05, 0.1) is 7.11 Å². The number of hydrogen-bond donors (Lipinski definition) is 2. The van der Waals surface area contributed by atoms with Crippen molar-refractivity contribution >= 4 is 21.5 Å². The summed E-state index contributed by atoms with van der Waals surface area (Å²) in [5.74, 6) is 0.872. The summed E-state index contributed by atoms with van der Waals surface area (Å²) in [7, 11) is -1.98. The van der Waals surface area contributed by atoms with Crippen LogP contribution in [0.25, 0.3) is 0 Å². The molecule has 0 unspecified atom stereocenters. The average molecular weight is 349 g/mol. The summed E-state index contributed by atoms with van der Waals surface area (Å²) in [6, 6.07) is 8.00. The maximum absolute atomic E-state index is 12.4. The molecule has 0 aliphatic carbocycles. The first-order valence-electron chi connectivity index (χ1n) is 7.61. The summed E-state index contributed by atoms with van der Waals surface area (Å²) < 4.78 is 31.3. The van der Waals surface area contributed by atoms with E-state index in [1.54, 1.807) is 18.2 Å². The predicted molar refractivity (Wildman–Crippen MR) is 90.2 cm³/mol. The molecule has 2 heterocycles. The third-order valence-corrected chi connectivity index (χ3v) is 5.77. The number of anilines is 2. The molecule has 0 bridgehead atoms. The lowest BCUT2D eigenvalue weighted by Crippen LogP contribution is -2.27. The van der Waals surface area contributed by atoms with Gasteiger partial charge >= 0.3 is 0 Å². The second kappa shape index (κ2) is 6.66. The first-order chi connectivity index (χ1) is 11.5. The number of nitrogens with zero attached hydrogens (tertiary/aromatic N) is 2. The van der Waals surface area contributed by atoms with Gasteiger partial charge in [0.2, 0.25) is 10.0 Å². The van der Waals surface area contributed by atoms with Crippen molar-refractivity contribution < 1.29 is 18.3 Å². The number of sulfonamides is 1. The third kappa shape index (κ3) is 3.29. The number of phenolic OH excluding ortho intramolecular Hbond substituents is 1. The lowest BCUT2D eigenvalue weighted by atomic mass is 10.2. The van der Waals surface area contributed by atoms with Gasteiger partial charge in [-0.15, -0.1) is 0 Å². The van der Waals surface area contributed by atoms with Crippen molar-refractivity contribution in [3.8, 4) is 11.5 Å². The van der Waals surface area contributed by atoms with Crippen LogP contribution in [0.2, 0.25) is 0 Å². The maximum Gasteiger partial charge on any atom is 0.244 e. The molecular weight excluding hydrogens is 330 g/mol. The van der Waals surface area contributed by atoms with Gasteiger partial charge in [-0.2, -0.15) is 4.31 Å². The molecule has 0 saturated carbocycles. The molecular formula is C16H19N3O4S. The monoisotopic (exact) mass is 349 g/mol. The molecule has 8 heteroatoms. The molecule has 24 heavy (non-hydrogen) atoms. The van der Waals surface area contributed by atoms with Gasteiger partial charge in [0, 0.05) is 31.0 Å². The normalized spacial score (nSPS) is 15.4. The molecule has 3 rings (SSSR count). The van der Waals surface area contributed by atoms with Crippen molar-refractivity contribution in [2.75, 3.05) is 25.5 Å². The number of phenols is 1. The lowest BCUT2D eigenvalue weighted by Gasteiger charge is -2.15. The Bertz CT molecular complexity index is 816. The first-order valence-corrected chi connectivity index (χ1v) is 9.05. The number of aromatic nitrogens is 1. The summed E-state index contributed by atoms with van der Waals surface area (Å²) >= 11 is 0. The molecule has 1 aromatic carbocycles. The number of ether oxygens (including phenoxy) is 1. The van der Waals surface area contributed by atoms with E-state index >= 15 is 0 Å². The van der Waals surface area contributed by atoms with Crippen LogP contribution in [-0.2, 0) is 10.0 Å². The number of rotatable bonds is 5. The van der Waals surface area contributed by atoms with Gasteiger partial charge in [0.15, 0.2) is 11.5 Å². The summed E-state index contributed by atoms with van der Waals surface area (Å²) in [5, 5.41) is 12.8. The molecule has 1 aliphatic heterocycles. The number of nitrogens with one attached hydrogen (secondary N) is 1. The smallest absolute Gasteiger partial charge is 0.244 e. The van der Waals surface area contributed by atoms with Gasteiger partial charge in [0.25, 0.3) is 0 Å². The predicted octanol–water partition coefficient (Wildman–Crippen LogP) is 2.32. The van der Waals surface area contributed by atoms with E-state index in [1.807, 2.05) is 0 Å². The summed E-state index contributed by atoms with van der Waals surface area (Å²) in [4.78, 5) is 4.34. The Morgan fingerprint density at radius 2 is 1.96 bits per heavy atom. The number of aromatic hydroxyl groups is 1. The number of methoxy groups -OCH3 is 1. The van der Waals surface area contributed by atoms with Crippen molar-refractivity contribution in [2.24, 2.45) is 0 Å². The first kappa shape index (κ1) is 16.5. The Morgan fingerprint density at radius 3 is 2.54 bits per heavy atom. The molecule has 2 aromatic rings. The van der Waals surface area contributed by atoms with Crippen molar-refractivity contribution in [1.82, 2.24) is 9.29 Å². The molecule has 2 N–H and O–H groups in total. The Kier molecular flexibility index (Phi) is 4.59. The van der Waals surface area contributed by atoms with E-state index in [0.717, 1.165) is 12.8 Å². The second-order valence-electron chi connectivity index (χ2n) is 5.50. The topological polar surface area (TPSA) is 91.8 Å². The Morgan fingerprint density at radius 1 is 1.21 bits per heavy atom. The van der Waals surface area contributed by atoms with Crippen molar-refractivity contribution in [3.63, 3.8) is 0 Å². The van der Waals surface area contributed by atoms with Gasteiger partial charge in [0.1, 0.15) is 10.7 Å². The number of benzene rings is 1. The minimum Gasteiger partial charge on any atom is -0.504 e. The highest BCUT2D eigenvalue weighted by Crippen LogP contribution is 2.30. The zero-order chi connectivity index (χ0) is 17.2. The average Bonchev–Trinajstić information content (AvgIpc) is 3.11. The molecule has 0 atom stereocenters. The quantitative estimate of drug-likeness (QED) is 0.861. The van der Waals surface area contributed by atoms with E-state index in [0.29, 0.717) is 30.3 Å². The fourth-order valence-corrected chi connectivity index (χ4v) is 4.06. The lowest BCUT2D eigenvalue weighted by molar-refractivity contribution is 0.373. The van der Waals surface area contributed by atoms with Crippen molar-refractivity contribution in [3.05, 3.63) is 36.5 Å². The summed E-state index contributed by atoms with van der Waals surface area (Å²) in [5.41, 5.74) is 0.621. The van der Waals surface area contributed by atoms with Crippen molar-refractivity contribution in [1.29, 1.82) is 0 Å². The maximum atomic E-state index is 12.4. The van der Waals surface area contributed by atoms with E-state index in [2.05, 4.69) is 10.3 Å². The van der Waals surface area contributed by atoms with Gasteiger partial charge in [-0.25, -0.2) is 13.4 Å². The van der Waals surface area contributed by atoms with Gasteiger partial charge in [-0.1, -0.05) is 0 Å². The highest BCUT2D eigenvalue weighted by Gasteiger charge is 2.27. The highest BCUT2D eigenvalue weighted by atomic mass is 32.2. The van der Waals surface area contributed by atoms with Crippen LogP contribution in [0.5, 0.6) is 11.5 Å². The minimum absolute atomic E-state index is 0.00994. The summed E-state index contributed by atoms with van der Waals surface area (Å²) in [6.07, 6.45) is 3.14. The Balaban J connectivity index is 1.76. The van der Waals surface area contributed by atoms with Crippen molar-refractivity contribution in [2.45, 2.75) is 17.7 Å². The molecule has 0 spiro atoms. The second-order valence-corrected chi connectivity index (χ2v) is 7.44. The zero-order valence-electron chi connectivity index (χ0n) is 13.3. The van der Waals surface area contributed by atoms with E-state index in [-0.39, 0.29) is 10.6 Å². The van der Waals surface area contributed by atoms with Gasteiger partial charge in [-0.3, -0.25) is 0 Å². The van der Waals surface area contributed by atoms with Crippen LogP contribution in [0, 0.1) is 0 Å². The fraction of sp³-hybridized carbons (Fsp3) is 0.312. The SMILES string of the molecule is COc1ccc(Nc2ccc(S(=O)(=O)N3CCCC3)cn2)cc1O. The van der Waals surface area contributed by atoms with Gasteiger partial charge in [-0.05, 0) is 37.1 Å². The van der Waals surface area contributed by atoms with Crippen LogP contribution in [0.3, 0.4) is 0 Å². The van der Waals surface area contributed by atoms with Crippen LogP contribution in [0.1, 0.15) is 12.8 Å². The molecule has 128 valence electrons. The highest BCUT2D eigenvalue weighted by molar-refractivity contribution is 7.89. The molecule has 1 fully saturated rings. The van der Waals surface area contributed by atoms with Crippen LogP contribution >= 0.6 is 0 Å². The van der Waals surface area contributed by atoms with Crippen LogP contribution in [0.4, 0.5) is 11.5 Å². The molecule has 1 aliphatic rings. The third-order valence-electron chi connectivity index (χ3n) is 3.89. The fourth-order valence-electron chi connectivity index (χ4n) is 2.60.